The number of benzene rings is 2. The Morgan fingerprint density at radius 2 is 1.85 bits per heavy atom. The Balaban J connectivity index is 2.12. The van der Waals surface area contributed by atoms with Gasteiger partial charge in [-0.15, -0.1) is 6.58 Å². The zero-order valence-corrected chi connectivity index (χ0v) is 14.8. The summed E-state index contributed by atoms with van der Waals surface area (Å²) in [6, 6.07) is 10.7. The lowest BCUT2D eigenvalue weighted by Crippen LogP contribution is -2.32. The minimum absolute atomic E-state index is 0.0854. The molecule has 0 saturated carbocycles. The minimum atomic E-state index is -0.464. The van der Waals surface area contributed by atoms with E-state index < -0.39 is 17.6 Å². The number of rotatable bonds is 5. The van der Waals surface area contributed by atoms with E-state index in [1.807, 2.05) is 13.0 Å². The van der Waals surface area contributed by atoms with E-state index in [4.69, 9.17) is 11.6 Å². The van der Waals surface area contributed by atoms with Gasteiger partial charge < -0.3 is 5.32 Å². The number of nitrogens with zero attached hydrogens (tertiary/aromatic N) is 1. The normalized spacial score (nSPS) is 14.2. The summed E-state index contributed by atoms with van der Waals surface area (Å²) in [5.74, 6) is -1.34. The largest absolute Gasteiger partial charge is 0.350 e. The van der Waals surface area contributed by atoms with E-state index in [2.05, 4.69) is 11.9 Å². The molecule has 3 rings (SSSR count). The number of hydrogen-bond donors (Lipinski definition) is 1. The molecule has 4 nitrogen and oxygen atoms in total. The third-order valence-electron chi connectivity index (χ3n) is 4.07. The van der Waals surface area contributed by atoms with Crippen LogP contribution in [0.1, 0.15) is 11.1 Å². The van der Waals surface area contributed by atoms with Crippen molar-refractivity contribution in [1.82, 2.24) is 4.90 Å². The molecule has 1 heterocycles. The number of carbonyl (C=O) groups excluding carboxylic acids is 2. The Labute approximate surface area is 155 Å². The summed E-state index contributed by atoms with van der Waals surface area (Å²) in [5, 5.41) is 3.54. The number of nitrogens with one attached hydrogen (secondary N) is 1. The molecule has 2 amide bonds. The second-order valence-electron chi connectivity index (χ2n) is 5.85. The van der Waals surface area contributed by atoms with Gasteiger partial charge in [0, 0.05) is 17.3 Å². The first-order valence-electron chi connectivity index (χ1n) is 7.93. The SMILES string of the molecule is C=CCN1C(=O)C(Nc2cc(Cl)ccc2C)=C(c2ccc(F)cc2)C1=O. The summed E-state index contributed by atoms with van der Waals surface area (Å²) < 4.78 is 13.3. The monoisotopic (exact) mass is 370 g/mol. The number of amides is 2. The van der Waals surface area contributed by atoms with Gasteiger partial charge in [0.1, 0.15) is 11.5 Å². The van der Waals surface area contributed by atoms with Crippen LogP contribution in [-0.2, 0) is 9.59 Å². The lowest BCUT2D eigenvalue weighted by Gasteiger charge is -2.13. The Kier molecular flexibility index (Phi) is 4.91. The van der Waals surface area contributed by atoms with Gasteiger partial charge in [-0.3, -0.25) is 14.5 Å². The highest BCUT2D eigenvalue weighted by atomic mass is 35.5. The number of halogens is 2. The molecule has 2 aromatic rings. The summed E-state index contributed by atoms with van der Waals surface area (Å²) in [6.07, 6.45) is 1.48. The minimum Gasteiger partial charge on any atom is -0.350 e. The fourth-order valence-electron chi connectivity index (χ4n) is 2.73. The van der Waals surface area contributed by atoms with Crippen LogP contribution in [0.3, 0.4) is 0 Å². The molecule has 132 valence electrons. The second kappa shape index (κ2) is 7.14. The smallest absolute Gasteiger partial charge is 0.278 e. The van der Waals surface area contributed by atoms with Crippen LogP contribution in [0.5, 0.6) is 0 Å². The van der Waals surface area contributed by atoms with Crippen LogP contribution in [0.25, 0.3) is 5.57 Å². The van der Waals surface area contributed by atoms with E-state index in [-0.39, 0.29) is 17.8 Å². The van der Waals surface area contributed by atoms with Crippen LogP contribution >= 0.6 is 11.6 Å². The molecule has 0 aliphatic carbocycles. The average molecular weight is 371 g/mol. The number of aryl methyl sites for hydroxylation is 1. The molecule has 0 bridgehead atoms. The van der Waals surface area contributed by atoms with E-state index in [0.717, 1.165) is 10.5 Å². The molecule has 0 atom stereocenters. The van der Waals surface area contributed by atoms with Crippen molar-refractivity contribution in [2.24, 2.45) is 0 Å². The number of imide groups is 1. The predicted molar refractivity (Wildman–Crippen MR) is 100 cm³/mol. The van der Waals surface area contributed by atoms with Crippen LogP contribution in [0.2, 0.25) is 5.02 Å². The zero-order valence-electron chi connectivity index (χ0n) is 14.1. The Bertz CT molecular complexity index is 935. The van der Waals surface area contributed by atoms with Gasteiger partial charge >= 0.3 is 0 Å². The van der Waals surface area contributed by atoms with E-state index in [1.165, 1.54) is 30.3 Å². The fourth-order valence-corrected chi connectivity index (χ4v) is 2.91. The van der Waals surface area contributed by atoms with Crippen molar-refractivity contribution >= 4 is 34.7 Å². The molecular weight excluding hydrogens is 355 g/mol. The highest BCUT2D eigenvalue weighted by Crippen LogP contribution is 2.32. The maximum atomic E-state index is 13.3. The number of hydrogen-bond acceptors (Lipinski definition) is 3. The van der Waals surface area contributed by atoms with Crippen LogP contribution in [0.15, 0.2) is 60.8 Å². The zero-order chi connectivity index (χ0) is 18.8. The van der Waals surface area contributed by atoms with Crippen LogP contribution in [-0.4, -0.2) is 23.3 Å². The highest BCUT2D eigenvalue weighted by Gasteiger charge is 2.38. The molecule has 0 aromatic heterocycles. The molecule has 1 N–H and O–H groups in total. The van der Waals surface area contributed by atoms with Gasteiger partial charge in [0.05, 0.1) is 5.57 Å². The first-order valence-corrected chi connectivity index (χ1v) is 8.30. The van der Waals surface area contributed by atoms with E-state index in [0.29, 0.717) is 16.3 Å². The van der Waals surface area contributed by atoms with Crippen LogP contribution in [0.4, 0.5) is 10.1 Å². The number of anilines is 1. The van der Waals surface area contributed by atoms with Crippen molar-refractivity contribution < 1.29 is 14.0 Å². The van der Waals surface area contributed by atoms with Gasteiger partial charge in [0.2, 0.25) is 0 Å². The van der Waals surface area contributed by atoms with Gasteiger partial charge in [0.25, 0.3) is 11.8 Å². The van der Waals surface area contributed by atoms with Gasteiger partial charge in [-0.2, -0.15) is 0 Å². The molecule has 0 radical (unpaired) electrons. The highest BCUT2D eigenvalue weighted by molar-refractivity contribution is 6.36. The Morgan fingerprint density at radius 3 is 2.50 bits per heavy atom. The molecule has 1 aliphatic rings. The first kappa shape index (κ1) is 17.9. The molecule has 1 aliphatic heterocycles. The van der Waals surface area contributed by atoms with Crippen molar-refractivity contribution in [3.63, 3.8) is 0 Å². The third-order valence-corrected chi connectivity index (χ3v) is 4.31. The summed E-state index contributed by atoms with van der Waals surface area (Å²) >= 11 is 6.04. The summed E-state index contributed by atoms with van der Waals surface area (Å²) in [6.45, 7) is 5.53. The average Bonchev–Trinajstić information content (AvgIpc) is 2.84. The molecular formula is C20H16ClFN2O2. The summed E-state index contributed by atoms with van der Waals surface area (Å²) in [4.78, 5) is 26.7. The van der Waals surface area contributed by atoms with Crippen molar-refractivity contribution in [3.05, 3.63) is 82.8 Å². The topological polar surface area (TPSA) is 49.4 Å². The predicted octanol–water partition coefficient (Wildman–Crippen LogP) is 4.17. The van der Waals surface area contributed by atoms with E-state index in [9.17, 15) is 14.0 Å². The maximum absolute atomic E-state index is 13.3. The second-order valence-corrected chi connectivity index (χ2v) is 6.29. The molecule has 26 heavy (non-hydrogen) atoms. The van der Waals surface area contributed by atoms with Gasteiger partial charge in [-0.1, -0.05) is 35.9 Å². The lowest BCUT2D eigenvalue weighted by molar-refractivity contribution is -0.136. The molecule has 0 saturated heterocycles. The van der Waals surface area contributed by atoms with Crippen LogP contribution < -0.4 is 5.32 Å². The van der Waals surface area contributed by atoms with Gasteiger partial charge in [-0.05, 0) is 42.3 Å². The van der Waals surface area contributed by atoms with Gasteiger partial charge in [-0.25, -0.2) is 4.39 Å². The quantitative estimate of drug-likeness (QED) is 0.635. The molecule has 0 fully saturated rings. The van der Waals surface area contributed by atoms with Crippen molar-refractivity contribution in [2.75, 3.05) is 11.9 Å². The summed E-state index contributed by atoms with van der Waals surface area (Å²) in [7, 11) is 0. The van der Waals surface area contributed by atoms with Crippen molar-refractivity contribution in [2.45, 2.75) is 6.92 Å². The maximum Gasteiger partial charge on any atom is 0.278 e. The molecule has 0 spiro atoms. The molecule has 2 aromatic carbocycles. The number of carbonyl (C=O) groups is 2. The standard InChI is InChI=1S/C20H16ClFN2O2/c1-3-10-24-19(25)17(13-5-8-15(22)9-6-13)18(20(24)26)23-16-11-14(21)7-4-12(16)2/h3-9,11,23H,1,10H2,2H3. The molecule has 0 unspecified atom stereocenters. The lowest BCUT2D eigenvalue weighted by atomic mass is 10.0. The Morgan fingerprint density at radius 1 is 1.15 bits per heavy atom. The van der Waals surface area contributed by atoms with E-state index in [1.54, 1.807) is 12.1 Å². The van der Waals surface area contributed by atoms with Crippen molar-refractivity contribution in [3.8, 4) is 0 Å². The summed E-state index contributed by atoms with van der Waals surface area (Å²) in [5.41, 5.74) is 2.26. The Hall–Kier alpha value is -2.92. The van der Waals surface area contributed by atoms with Gasteiger partial charge in [0.15, 0.2) is 0 Å². The first-order chi connectivity index (χ1) is 12.4. The van der Waals surface area contributed by atoms with Crippen molar-refractivity contribution in [1.29, 1.82) is 0 Å². The third kappa shape index (κ3) is 3.26. The van der Waals surface area contributed by atoms with Crippen LogP contribution in [0, 0.1) is 12.7 Å². The molecule has 6 heteroatoms. The fraction of sp³-hybridized carbons (Fsp3) is 0.100. The van der Waals surface area contributed by atoms with E-state index >= 15 is 0 Å².